The van der Waals surface area contributed by atoms with E-state index in [1.807, 2.05) is 0 Å². The third-order valence-electron chi connectivity index (χ3n) is 1.76. The van der Waals surface area contributed by atoms with E-state index in [9.17, 15) is 15.0 Å². The third-order valence-corrected chi connectivity index (χ3v) is 3.14. The molecule has 0 radical (unpaired) electrons. The van der Waals surface area contributed by atoms with Gasteiger partial charge in [-0.05, 0) is 6.42 Å². The number of carboxylic acid groups (broad SMARTS) is 1. The molecular weight excluding hydrogens is 286 g/mol. The van der Waals surface area contributed by atoms with E-state index in [0.717, 1.165) is 11.3 Å². The van der Waals surface area contributed by atoms with Crippen molar-refractivity contribution in [1.82, 2.24) is 4.98 Å². The van der Waals surface area contributed by atoms with Gasteiger partial charge in [-0.15, -0.1) is 11.3 Å². The Morgan fingerprint density at radius 2 is 2.27 bits per heavy atom. The van der Waals surface area contributed by atoms with Gasteiger partial charge in [-0.3, -0.25) is 0 Å². The van der Waals surface area contributed by atoms with Gasteiger partial charge in [0.1, 0.15) is 11.1 Å². The highest BCUT2D eigenvalue weighted by Crippen LogP contribution is 2.23. The first-order valence-corrected chi connectivity index (χ1v) is 6.17. The molecule has 7 heteroatoms. The summed E-state index contributed by atoms with van der Waals surface area (Å²) in [5.41, 5.74) is -0.111. The number of rotatable bonds is 5. The molecule has 1 aromatic rings. The zero-order valence-electron chi connectivity index (χ0n) is 7.63. The van der Waals surface area contributed by atoms with Crippen LogP contribution in [0.15, 0.2) is 5.38 Å². The Hall–Kier alpha value is -0.500. The fraction of sp³-hybridized carbons (Fsp3) is 0.500. The first-order valence-electron chi connectivity index (χ1n) is 4.17. The fourth-order valence-corrected chi connectivity index (χ4v) is 2.26. The Labute approximate surface area is 98.5 Å². The van der Waals surface area contributed by atoms with Crippen molar-refractivity contribution in [2.75, 3.05) is 5.33 Å². The standard InChI is InChI=1S/C8H10BrNO4S/c9-2-1-5(11)6(12)7-10-4(3-15-7)8(13)14/h3,5-6,11-12H,1-2H2,(H,13,14). The molecule has 1 aromatic heterocycles. The number of hydrogen-bond acceptors (Lipinski definition) is 5. The lowest BCUT2D eigenvalue weighted by atomic mass is 10.2. The normalized spacial score (nSPS) is 14.9. The highest BCUT2D eigenvalue weighted by Gasteiger charge is 2.22. The number of hydrogen-bond donors (Lipinski definition) is 3. The highest BCUT2D eigenvalue weighted by molar-refractivity contribution is 9.09. The molecule has 0 fully saturated rings. The Bertz CT molecular complexity index is 343. The van der Waals surface area contributed by atoms with Crippen LogP contribution >= 0.6 is 27.3 Å². The molecule has 5 nitrogen and oxygen atoms in total. The molecule has 0 spiro atoms. The number of aliphatic hydroxyl groups is 2. The number of thiazole rings is 1. The molecule has 84 valence electrons. The quantitative estimate of drug-likeness (QED) is 0.706. The number of alkyl halides is 1. The minimum atomic E-state index is -1.14. The van der Waals surface area contributed by atoms with Gasteiger partial charge >= 0.3 is 5.97 Å². The summed E-state index contributed by atoms with van der Waals surface area (Å²) >= 11 is 4.16. The number of carboxylic acids is 1. The van der Waals surface area contributed by atoms with Crippen LogP contribution in [0.4, 0.5) is 0 Å². The van der Waals surface area contributed by atoms with E-state index in [1.54, 1.807) is 0 Å². The van der Waals surface area contributed by atoms with Crippen LogP contribution in [-0.2, 0) is 0 Å². The predicted molar refractivity (Wildman–Crippen MR) is 58.5 cm³/mol. The number of nitrogens with zero attached hydrogens (tertiary/aromatic N) is 1. The van der Waals surface area contributed by atoms with Crippen LogP contribution in [0.5, 0.6) is 0 Å². The van der Waals surface area contributed by atoms with Crippen molar-refractivity contribution in [3.8, 4) is 0 Å². The summed E-state index contributed by atoms with van der Waals surface area (Å²) in [5, 5.41) is 29.8. The Morgan fingerprint density at radius 3 is 2.73 bits per heavy atom. The lowest BCUT2D eigenvalue weighted by molar-refractivity contribution is 0.0171. The van der Waals surface area contributed by atoms with Crippen LogP contribution in [0.2, 0.25) is 0 Å². The van der Waals surface area contributed by atoms with Gasteiger partial charge in [0, 0.05) is 10.7 Å². The number of aromatic carboxylic acids is 1. The van der Waals surface area contributed by atoms with Gasteiger partial charge in [-0.2, -0.15) is 0 Å². The number of halogens is 1. The number of aromatic nitrogens is 1. The molecule has 2 atom stereocenters. The Morgan fingerprint density at radius 1 is 1.60 bits per heavy atom. The second-order valence-electron chi connectivity index (χ2n) is 2.87. The van der Waals surface area contributed by atoms with Gasteiger partial charge < -0.3 is 15.3 Å². The molecule has 0 amide bonds. The van der Waals surface area contributed by atoms with Gasteiger partial charge in [-0.25, -0.2) is 9.78 Å². The molecule has 0 saturated carbocycles. The monoisotopic (exact) mass is 295 g/mol. The maximum atomic E-state index is 10.5. The third kappa shape index (κ3) is 3.23. The van der Waals surface area contributed by atoms with E-state index < -0.39 is 18.2 Å². The van der Waals surface area contributed by atoms with Gasteiger partial charge in [0.05, 0.1) is 6.10 Å². The summed E-state index contributed by atoms with van der Waals surface area (Å²) in [6.07, 6.45) is -1.68. The smallest absolute Gasteiger partial charge is 0.355 e. The first kappa shape index (κ1) is 12.6. The van der Waals surface area contributed by atoms with Crippen molar-refractivity contribution in [2.24, 2.45) is 0 Å². The van der Waals surface area contributed by atoms with Gasteiger partial charge in [0.25, 0.3) is 0 Å². The van der Waals surface area contributed by atoms with Crippen molar-refractivity contribution in [1.29, 1.82) is 0 Å². The van der Waals surface area contributed by atoms with Crippen molar-refractivity contribution in [3.63, 3.8) is 0 Å². The van der Waals surface area contributed by atoms with Crippen LogP contribution < -0.4 is 0 Å². The lowest BCUT2D eigenvalue weighted by Crippen LogP contribution is -2.18. The Balaban J connectivity index is 2.73. The molecule has 0 bridgehead atoms. The fourth-order valence-electron chi connectivity index (χ4n) is 0.956. The van der Waals surface area contributed by atoms with Crippen molar-refractivity contribution in [2.45, 2.75) is 18.6 Å². The van der Waals surface area contributed by atoms with Gasteiger partial charge in [-0.1, -0.05) is 15.9 Å². The maximum Gasteiger partial charge on any atom is 0.355 e. The van der Waals surface area contributed by atoms with E-state index in [-0.39, 0.29) is 10.7 Å². The molecular formula is C8H10BrNO4S. The zero-order chi connectivity index (χ0) is 11.4. The van der Waals surface area contributed by atoms with E-state index in [4.69, 9.17) is 5.11 Å². The van der Waals surface area contributed by atoms with E-state index in [0.29, 0.717) is 11.8 Å². The number of carbonyl (C=O) groups is 1. The maximum absolute atomic E-state index is 10.5. The molecule has 1 heterocycles. The summed E-state index contributed by atoms with van der Waals surface area (Å²) in [6.45, 7) is 0. The van der Waals surface area contributed by atoms with Gasteiger partial charge in [0.2, 0.25) is 0 Å². The lowest BCUT2D eigenvalue weighted by Gasteiger charge is -2.13. The molecule has 0 saturated heterocycles. The topological polar surface area (TPSA) is 90.7 Å². The van der Waals surface area contributed by atoms with Gasteiger partial charge in [0.15, 0.2) is 5.69 Å². The zero-order valence-corrected chi connectivity index (χ0v) is 10.0. The second kappa shape index (κ2) is 5.55. The minimum absolute atomic E-state index is 0.111. The summed E-state index contributed by atoms with van der Waals surface area (Å²) in [6, 6.07) is 0. The molecule has 0 aromatic carbocycles. The SMILES string of the molecule is O=C(O)c1csc(C(O)C(O)CCBr)n1. The summed E-state index contributed by atoms with van der Waals surface area (Å²) in [5.74, 6) is -1.14. The van der Waals surface area contributed by atoms with E-state index >= 15 is 0 Å². The second-order valence-corrected chi connectivity index (χ2v) is 4.55. The predicted octanol–water partition coefficient (Wildman–Crippen LogP) is 1.02. The molecule has 2 unspecified atom stereocenters. The molecule has 0 aliphatic heterocycles. The summed E-state index contributed by atoms with van der Waals surface area (Å²) < 4.78 is 0. The average molecular weight is 296 g/mol. The molecule has 0 aliphatic carbocycles. The largest absolute Gasteiger partial charge is 0.476 e. The van der Waals surface area contributed by atoms with E-state index in [1.165, 1.54) is 5.38 Å². The van der Waals surface area contributed by atoms with Crippen molar-refractivity contribution >= 4 is 33.2 Å². The summed E-state index contributed by atoms with van der Waals surface area (Å²) in [7, 11) is 0. The summed E-state index contributed by atoms with van der Waals surface area (Å²) in [4.78, 5) is 14.2. The number of aliphatic hydroxyl groups excluding tert-OH is 2. The van der Waals surface area contributed by atoms with Crippen molar-refractivity contribution < 1.29 is 20.1 Å². The van der Waals surface area contributed by atoms with Crippen LogP contribution in [0, 0.1) is 0 Å². The van der Waals surface area contributed by atoms with Crippen LogP contribution in [-0.4, -0.2) is 37.7 Å². The minimum Gasteiger partial charge on any atom is -0.476 e. The van der Waals surface area contributed by atoms with E-state index in [2.05, 4.69) is 20.9 Å². The molecule has 15 heavy (non-hydrogen) atoms. The van der Waals surface area contributed by atoms with Crippen LogP contribution in [0.25, 0.3) is 0 Å². The van der Waals surface area contributed by atoms with Crippen LogP contribution in [0.3, 0.4) is 0 Å². The highest BCUT2D eigenvalue weighted by atomic mass is 79.9. The molecule has 0 aliphatic rings. The molecule has 1 rings (SSSR count). The molecule has 3 N–H and O–H groups in total. The van der Waals surface area contributed by atoms with Crippen molar-refractivity contribution in [3.05, 3.63) is 16.1 Å². The average Bonchev–Trinajstić information content (AvgIpc) is 2.65. The first-order chi connectivity index (χ1) is 7.06. The Kier molecular flexibility index (Phi) is 4.65. The van der Waals surface area contributed by atoms with Crippen LogP contribution in [0.1, 0.15) is 28.0 Å².